The molecule has 0 bridgehead atoms. The summed E-state index contributed by atoms with van der Waals surface area (Å²) in [6.45, 7) is 6.27. The van der Waals surface area contributed by atoms with E-state index in [2.05, 4.69) is 10.2 Å². The number of likely N-dealkylation sites (tertiary alicyclic amines) is 1. The molecule has 7 nitrogen and oxygen atoms in total. The number of methoxy groups -OCH3 is 1. The summed E-state index contributed by atoms with van der Waals surface area (Å²) in [5.41, 5.74) is 0.671. The van der Waals surface area contributed by atoms with E-state index in [4.69, 9.17) is 4.74 Å². The van der Waals surface area contributed by atoms with Gasteiger partial charge in [-0.25, -0.2) is 0 Å². The zero-order valence-electron chi connectivity index (χ0n) is 22.1. The molecule has 1 atom stereocenters. The highest BCUT2D eigenvalue weighted by Crippen LogP contribution is 2.34. The smallest absolute Gasteiger partial charge is 0.271 e. The SMILES string of the molecule is COc1ccc2cc3n(c2c1)C[C@@](C)(C(=O)NC1CCCCC1)N(CCCN1CCCCCC1)C3=O. The summed E-state index contributed by atoms with van der Waals surface area (Å²) >= 11 is 0. The standard InChI is InChI=1S/C29H42N4O3/c1-29(28(35)30-23-11-6-5-7-12-23)21-32-25-20-24(36-2)14-13-22(25)19-26(32)27(34)33(29)18-10-17-31-15-8-3-4-9-16-31/h13-14,19-20,23H,3-12,15-18,21H2,1-2H3,(H,30,35)/t29-/m0/s1. The van der Waals surface area contributed by atoms with Gasteiger partial charge in [-0.3, -0.25) is 9.59 Å². The van der Waals surface area contributed by atoms with Crippen molar-refractivity contribution in [1.82, 2.24) is 19.7 Å². The molecular weight excluding hydrogens is 452 g/mol. The van der Waals surface area contributed by atoms with Gasteiger partial charge in [0.25, 0.3) is 5.91 Å². The Morgan fingerprint density at radius 1 is 1.03 bits per heavy atom. The minimum absolute atomic E-state index is 0.0204. The van der Waals surface area contributed by atoms with Crippen LogP contribution in [0.15, 0.2) is 24.3 Å². The third kappa shape index (κ3) is 4.99. The Morgan fingerprint density at radius 3 is 2.47 bits per heavy atom. The monoisotopic (exact) mass is 494 g/mol. The Morgan fingerprint density at radius 2 is 1.75 bits per heavy atom. The molecule has 3 heterocycles. The first-order chi connectivity index (χ1) is 17.5. The molecule has 2 aliphatic heterocycles. The van der Waals surface area contributed by atoms with Crippen LogP contribution in [0.4, 0.5) is 0 Å². The number of carbonyl (C=O) groups excluding carboxylic acids is 2. The predicted molar refractivity (Wildman–Crippen MR) is 142 cm³/mol. The highest BCUT2D eigenvalue weighted by molar-refractivity contribution is 6.03. The topological polar surface area (TPSA) is 66.8 Å². The maximum atomic E-state index is 14.0. The van der Waals surface area contributed by atoms with Crippen LogP contribution >= 0.6 is 0 Å². The van der Waals surface area contributed by atoms with Crippen molar-refractivity contribution in [2.45, 2.75) is 89.3 Å². The number of benzene rings is 1. The molecule has 0 radical (unpaired) electrons. The average Bonchev–Trinajstić information content (AvgIpc) is 3.05. The van der Waals surface area contributed by atoms with Crippen LogP contribution in [0, 0.1) is 0 Å². The molecule has 36 heavy (non-hydrogen) atoms. The van der Waals surface area contributed by atoms with Crippen LogP contribution in [-0.2, 0) is 11.3 Å². The number of nitrogens with zero attached hydrogens (tertiary/aromatic N) is 3. The summed E-state index contributed by atoms with van der Waals surface area (Å²) in [7, 11) is 1.65. The minimum atomic E-state index is -0.935. The molecule has 2 aromatic rings. The third-order valence-corrected chi connectivity index (χ3v) is 8.62. The van der Waals surface area contributed by atoms with Crippen LogP contribution in [-0.4, -0.2) is 71.1 Å². The molecule has 1 N–H and O–H groups in total. The number of aromatic nitrogens is 1. The second kappa shape index (κ2) is 10.8. The van der Waals surface area contributed by atoms with E-state index in [1.807, 2.05) is 40.7 Å². The lowest BCUT2D eigenvalue weighted by Gasteiger charge is -2.45. The first-order valence-corrected chi connectivity index (χ1v) is 14.0. The summed E-state index contributed by atoms with van der Waals surface area (Å²) < 4.78 is 7.49. The van der Waals surface area contributed by atoms with E-state index in [0.717, 1.165) is 68.4 Å². The van der Waals surface area contributed by atoms with Crippen molar-refractivity contribution in [2.24, 2.45) is 0 Å². The highest BCUT2D eigenvalue weighted by Gasteiger charge is 2.48. The van der Waals surface area contributed by atoms with Crippen LogP contribution in [0.2, 0.25) is 0 Å². The molecule has 5 rings (SSSR count). The van der Waals surface area contributed by atoms with Crippen LogP contribution < -0.4 is 10.1 Å². The largest absolute Gasteiger partial charge is 0.497 e. The summed E-state index contributed by atoms with van der Waals surface area (Å²) in [6, 6.07) is 8.07. The maximum Gasteiger partial charge on any atom is 0.271 e. The molecular formula is C29H42N4O3. The van der Waals surface area contributed by atoms with Crippen LogP contribution in [0.25, 0.3) is 10.9 Å². The molecule has 1 aliphatic carbocycles. The van der Waals surface area contributed by atoms with E-state index in [0.29, 0.717) is 18.8 Å². The fourth-order valence-electron chi connectivity index (χ4n) is 6.41. The number of ether oxygens (including phenoxy) is 1. The number of hydrogen-bond acceptors (Lipinski definition) is 4. The average molecular weight is 495 g/mol. The molecule has 196 valence electrons. The zero-order chi connectivity index (χ0) is 25.1. The molecule has 0 unspecified atom stereocenters. The molecule has 1 saturated heterocycles. The van der Waals surface area contributed by atoms with Gasteiger partial charge >= 0.3 is 0 Å². The Labute approximate surface area is 215 Å². The number of rotatable bonds is 7. The maximum absolute atomic E-state index is 14.0. The molecule has 2 fully saturated rings. The minimum Gasteiger partial charge on any atom is -0.497 e. The quantitative estimate of drug-likeness (QED) is 0.612. The van der Waals surface area contributed by atoms with E-state index in [9.17, 15) is 9.59 Å². The van der Waals surface area contributed by atoms with Crippen molar-refractivity contribution in [2.75, 3.05) is 33.3 Å². The van der Waals surface area contributed by atoms with Gasteiger partial charge in [0.1, 0.15) is 17.0 Å². The predicted octanol–water partition coefficient (Wildman–Crippen LogP) is 4.58. The highest BCUT2D eigenvalue weighted by atomic mass is 16.5. The van der Waals surface area contributed by atoms with Gasteiger partial charge in [0.2, 0.25) is 5.91 Å². The first-order valence-electron chi connectivity index (χ1n) is 14.0. The summed E-state index contributed by atoms with van der Waals surface area (Å²) in [5.74, 6) is 0.686. The van der Waals surface area contributed by atoms with Crippen molar-refractivity contribution < 1.29 is 14.3 Å². The lowest BCUT2D eigenvalue weighted by atomic mass is 9.91. The van der Waals surface area contributed by atoms with Gasteiger partial charge in [-0.05, 0) is 76.9 Å². The fraction of sp³-hybridized carbons (Fsp3) is 0.655. The van der Waals surface area contributed by atoms with Gasteiger partial charge < -0.3 is 24.4 Å². The lowest BCUT2D eigenvalue weighted by molar-refractivity contribution is -0.133. The Balaban J connectivity index is 1.42. The fourth-order valence-corrected chi connectivity index (χ4v) is 6.41. The van der Waals surface area contributed by atoms with E-state index in [1.165, 1.54) is 32.1 Å². The summed E-state index contributed by atoms with van der Waals surface area (Å²) in [5, 5.41) is 4.34. The molecule has 3 aliphatic rings. The van der Waals surface area contributed by atoms with E-state index < -0.39 is 5.54 Å². The van der Waals surface area contributed by atoms with Crippen molar-refractivity contribution in [3.8, 4) is 5.75 Å². The van der Waals surface area contributed by atoms with Gasteiger partial charge in [0.15, 0.2) is 0 Å². The third-order valence-electron chi connectivity index (χ3n) is 8.62. The van der Waals surface area contributed by atoms with Crippen LogP contribution in [0.5, 0.6) is 5.75 Å². The van der Waals surface area contributed by atoms with E-state index >= 15 is 0 Å². The molecule has 0 spiro atoms. The van der Waals surface area contributed by atoms with Gasteiger partial charge in [-0.15, -0.1) is 0 Å². The van der Waals surface area contributed by atoms with E-state index in [1.54, 1.807) is 7.11 Å². The number of nitrogens with one attached hydrogen (secondary N) is 1. The first kappa shape index (κ1) is 25.1. The van der Waals surface area contributed by atoms with Gasteiger partial charge in [-0.2, -0.15) is 0 Å². The van der Waals surface area contributed by atoms with Crippen LogP contribution in [0.1, 0.15) is 81.6 Å². The Kier molecular flexibility index (Phi) is 7.56. The molecule has 7 heteroatoms. The van der Waals surface area contributed by atoms with Crippen molar-refractivity contribution in [3.05, 3.63) is 30.0 Å². The number of carbonyl (C=O) groups is 2. The Hall–Kier alpha value is -2.54. The van der Waals surface area contributed by atoms with Gasteiger partial charge in [0, 0.05) is 24.0 Å². The number of hydrogen-bond donors (Lipinski definition) is 1. The lowest BCUT2D eigenvalue weighted by Crippen LogP contribution is -2.65. The molecule has 1 saturated carbocycles. The van der Waals surface area contributed by atoms with Crippen molar-refractivity contribution in [1.29, 1.82) is 0 Å². The summed E-state index contributed by atoms with van der Waals surface area (Å²) in [4.78, 5) is 32.3. The van der Waals surface area contributed by atoms with Gasteiger partial charge in [0.05, 0.1) is 19.2 Å². The second-order valence-corrected chi connectivity index (χ2v) is 11.2. The molecule has 1 aromatic carbocycles. The molecule has 1 aromatic heterocycles. The van der Waals surface area contributed by atoms with Gasteiger partial charge in [-0.1, -0.05) is 32.1 Å². The van der Waals surface area contributed by atoms with E-state index in [-0.39, 0.29) is 17.9 Å². The normalized spacial score (nSPS) is 23.9. The second-order valence-electron chi connectivity index (χ2n) is 11.2. The zero-order valence-corrected chi connectivity index (χ0v) is 22.1. The van der Waals surface area contributed by atoms with Crippen molar-refractivity contribution in [3.63, 3.8) is 0 Å². The Bertz CT molecular complexity index is 1080. The molecule has 2 amide bonds. The van der Waals surface area contributed by atoms with Crippen molar-refractivity contribution >= 4 is 22.7 Å². The number of amides is 2. The number of fused-ring (bicyclic) bond motifs is 3. The summed E-state index contributed by atoms with van der Waals surface area (Å²) in [6.07, 6.45) is 11.6. The van der Waals surface area contributed by atoms with Crippen LogP contribution in [0.3, 0.4) is 0 Å².